The molecule has 1 unspecified atom stereocenters. The fourth-order valence-electron chi connectivity index (χ4n) is 4.67. The molecule has 1 amide bonds. The van der Waals surface area contributed by atoms with Crippen LogP contribution in [0.15, 0.2) is 59.5 Å². The lowest BCUT2D eigenvalue weighted by atomic mass is 10.2. The molecule has 8 nitrogen and oxygen atoms in total. The van der Waals surface area contributed by atoms with Crippen molar-refractivity contribution >= 4 is 42.6 Å². The Labute approximate surface area is 215 Å². The molecule has 1 fully saturated rings. The molecule has 0 bridgehead atoms. The standard InChI is InChI=1S/C26H29N5O3S2/c1-18-10-12-21(13-11-18)36(33,34)31-14-6-8-23(31)25(32)29(15-16-30-20(3)17-19(2)28-30)26-27-22-7-4-5-9-24(22)35-26/h4-5,7,9-13,17,23H,6,8,14-16H2,1-3H3. The highest BCUT2D eigenvalue weighted by Gasteiger charge is 2.42. The van der Waals surface area contributed by atoms with Gasteiger partial charge in [0.15, 0.2) is 5.13 Å². The van der Waals surface area contributed by atoms with E-state index in [0.717, 1.165) is 27.2 Å². The zero-order chi connectivity index (χ0) is 25.4. The highest BCUT2D eigenvalue weighted by atomic mass is 32.2. The van der Waals surface area contributed by atoms with Crippen molar-refractivity contribution in [1.82, 2.24) is 19.1 Å². The van der Waals surface area contributed by atoms with Crippen LogP contribution in [-0.2, 0) is 21.4 Å². The minimum absolute atomic E-state index is 0.210. The number of sulfonamides is 1. The number of nitrogens with zero attached hydrogens (tertiary/aromatic N) is 5. The van der Waals surface area contributed by atoms with Gasteiger partial charge in [-0.15, -0.1) is 0 Å². The summed E-state index contributed by atoms with van der Waals surface area (Å²) in [6, 6.07) is 15.8. The summed E-state index contributed by atoms with van der Waals surface area (Å²) in [5, 5.41) is 5.10. The van der Waals surface area contributed by atoms with E-state index < -0.39 is 16.1 Å². The van der Waals surface area contributed by atoms with Crippen molar-refractivity contribution in [2.75, 3.05) is 18.0 Å². The van der Waals surface area contributed by atoms with Gasteiger partial charge < -0.3 is 0 Å². The second-order valence-electron chi connectivity index (χ2n) is 9.19. The Morgan fingerprint density at radius 1 is 1.11 bits per heavy atom. The van der Waals surface area contributed by atoms with Gasteiger partial charge in [0.1, 0.15) is 6.04 Å². The molecule has 4 aromatic rings. The van der Waals surface area contributed by atoms with Gasteiger partial charge in [0.25, 0.3) is 0 Å². The fourth-order valence-corrected chi connectivity index (χ4v) is 7.32. The zero-order valence-corrected chi connectivity index (χ0v) is 22.2. The molecule has 2 aromatic carbocycles. The lowest BCUT2D eigenvalue weighted by Gasteiger charge is -2.28. The molecule has 0 saturated carbocycles. The number of anilines is 1. The van der Waals surface area contributed by atoms with Crippen molar-refractivity contribution in [1.29, 1.82) is 0 Å². The van der Waals surface area contributed by atoms with Crippen molar-refractivity contribution in [2.45, 2.75) is 51.1 Å². The van der Waals surface area contributed by atoms with Crippen LogP contribution in [0.2, 0.25) is 0 Å². The predicted octanol–water partition coefficient (Wildman–Crippen LogP) is 4.30. The van der Waals surface area contributed by atoms with Gasteiger partial charge in [-0.05, 0) is 63.9 Å². The van der Waals surface area contributed by atoms with E-state index in [1.54, 1.807) is 29.2 Å². The van der Waals surface area contributed by atoms with Crippen molar-refractivity contribution in [3.63, 3.8) is 0 Å². The zero-order valence-electron chi connectivity index (χ0n) is 20.6. The monoisotopic (exact) mass is 523 g/mol. The quantitative estimate of drug-likeness (QED) is 0.360. The Kier molecular flexibility index (Phi) is 6.67. The molecule has 1 saturated heterocycles. The minimum atomic E-state index is -3.81. The van der Waals surface area contributed by atoms with E-state index in [0.29, 0.717) is 37.6 Å². The van der Waals surface area contributed by atoms with Crippen LogP contribution in [0.25, 0.3) is 10.2 Å². The van der Waals surface area contributed by atoms with Crippen LogP contribution in [0.1, 0.15) is 29.8 Å². The smallest absolute Gasteiger partial charge is 0.247 e. The van der Waals surface area contributed by atoms with Gasteiger partial charge in [0, 0.05) is 18.8 Å². The first-order valence-corrected chi connectivity index (χ1v) is 14.3. The van der Waals surface area contributed by atoms with Crippen molar-refractivity contribution in [3.05, 3.63) is 71.5 Å². The number of thiazole rings is 1. The first kappa shape index (κ1) is 24.6. The summed E-state index contributed by atoms with van der Waals surface area (Å²) in [6.45, 7) is 6.98. The Morgan fingerprint density at radius 2 is 1.86 bits per heavy atom. The maximum atomic E-state index is 14.0. The molecule has 10 heteroatoms. The Bertz CT molecular complexity index is 1480. The Balaban J connectivity index is 1.48. The number of para-hydroxylation sites is 1. The first-order chi connectivity index (χ1) is 17.2. The van der Waals surface area contributed by atoms with Crippen LogP contribution < -0.4 is 4.90 Å². The van der Waals surface area contributed by atoms with Crippen molar-refractivity contribution in [2.24, 2.45) is 0 Å². The highest BCUT2D eigenvalue weighted by molar-refractivity contribution is 7.89. The number of aryl methyl sites for hydroxylation is 3. The summed E-state index contributed by atoms with van der Waals surface area (Å²) >= 11 is 1.44. The van der Waals surface area contributed by atoms with Gasteiger partial charge >= 0.3 is 0 Å². The number of rotatable bonds is 7. The van der Waals surface area contributed by atoms with Crippen LogP contribution in [0.4, 0.5) is 5.13 Å². The third kappa shape index (κ3) is 4.68. The third-order valence-corrected chi connectivity index (χ3v) is 9.52. The van der Waals surface area contributed by atoms with Crippen LogP contribution >= 0.6 is 11.3 Å². The lowest BCUT2D eigenvalue weighted by molar-refractivity contribution is -0.121. The van der Waals surface area contributed by atoms with E-state index in [9.17, 15) is 13.2 Å². The third-order valence-electron chi connectivity index (χ3n) is 6.53. The molecule has 1 aliphatic rings. The van der Waals surface area contributed by atoms with Gasteiger partial charge in [-0.2, -0.15) is 9.40 Å². The number of hydrogen-bond donors (Lipinski definition) is 0. The Morgan fingerprint density at radius 3 is 2.56 bits per heavy atom. The summed E-state index contributed by atoms with van der Waals surface area (Å²) < 4.78 is 31.2. The maximum Gasteiger partial charge on any atom is 0.247 e. The average molecular weight is 524 g/mol. The van der Waals surface area contributed by atoms with E-state index in [1.807, 2.05) is 55.8 Å². The maximum absolute atomic E-state index is 14.0. The van der Waals surface area contributed by atoms with Gasteiger partial charge in [-0.3, -0.25) is 14.4 Å². The second-order valence-corrected chi connectivity index (χ2v) is 12.1. The van der Waals surface area contributed by atoms with Gasteiger partial charge in [0.05, 0.1) is 27.4 Å². The van der Waals surface area contributed by atoms with Crippen LogP contribution in [0.3, 0.4) is 0 Å². The van der Waals surface area contributed by atoms with E-state index in [1.165, 1.54) is 15.6 Å². The molecule has 0 spiro atoms. The van der Waals surface area contributed by atoms with E-state index >= 15 is 0 Å². The summed E-state index contributed by atoms with van der Waals surface area (Å²) in [5.74, 6) is -0.247. The molecule has 0 N–H and O–H groups in total. The number of hydrogen-bond acceptors (Lipinski definition) is 6. The number of aromatic nitrogens is 3. The summed E-state index contributed by atoms with van der Waals surface area (Å²) in [7, 11) is -3.81. The van der Waals surface area contributed by atoms with Gasteiger partial charge in [-0.1, -0.05) is 41.2 Å². The van der Waals surface area contributed by atoms with E-state index in [4.69, 9.17) is 4.98 Å². The predicted molar refractivity (Wildman–Crippen MR) is 142 cm³/mol. The van der Waals surface area contributed by atoms with Crippen LogP contribution in [-0.4, -0.2) is 52.5 Å². The molecule has 0 radical (unpaired) electrons. The van der Waals surface area contributed by atoms with Crippen LogP contribution in [0.5, 0.6) is 0 Å². The van der Waals surface area contributed by atoms with Crippen molar-refractivity contribution < 1.29 is 13.2 Å². The first-order valence-electron chi connectivity index (χ1n) is 12.0. The number of amides is 1. The Hall–Kier alpha value is -3.08. The number of fused-ring (bicyclic) bond motifs is 1. The fraction of sp³-hybridized carbons (Fsp3) is 0.346. The molecular weight excluding hydrogens is 494 g/mol. The second kappa shape index (κ2) is 9.76. The average Bonchev–Trinajstić information content (AvgIpc) is 3.58. The van der Waals surface area contributed by atoms with E-state index in [-0.39, 0.29) is 10.8 Å². The number of carbonyl (C=O) groups excluding carboxylic acids is 1. The molecule has 36 heavy (non-hydrogen) atoms. The molecule has 5 rings (SSSR count). The summed E-state index contributed by atoms with van der Waals surface area (Å²) in [5.41, 5.74) is 3.72. The molecular formula is C26H29N5O3S2. The minimum Gasteiger partial charge on any atom is -0.285 e. The normalized spacial score (nSPS) is 16.6. The largest absolute Gasteiger partial charge is 0.285 e. The number of benzene rings is 2. The van der Waals surface area contributed by atoms with Crippen LogP contribution in [0, 0.1) is 20.8 Å². The lowest BCUT2D eigenvalue weighted by Crippen LogP contribution is -2.48. The highest BCUT2D eigenvalue weighted by Crippen LogP contribution is 2.32. The summed E-state index contributed by atoms with van der Waals surface area (Å²) in [6.07, 6.45) is 1.11. The molecule has 1 atom stereocenters. The number of carbonyl (C=O) groups is 1. The molecule has 188 valence electrons. The molecule has 1 aliphatic heterocycles. The SMILES string of the molecule is Cc1ccc(S(=O)(=O)N2CCCC2C(=O)N(CCn2nc(C)cc2C)c2nc3ccccc3s2)cc1. The van der Waals surface area contributed by atoms with Gasteiger partial charge in [0.2, 0.25) is 15.9 Å². The molecule has 2 aromatic heterocycles. The van der Waals surface area contributed by atoms with Gasteiger partial charge in [-0.25, -0.2) is 13.4 Å². The molecule has 3 heterocycles. The molecule has 0 aliphatic carbocycles. The van der Waals surface area contributed by atoms with E-state index in [2.05, 4.69) is 5.10 Å². The van der Waals surface area contributed by atoms with Crippen molar-refractivity contribution in [3.8, 4) is 0 Å². The summed E-state index contributed by atoms with van der Waals surface area (Å²) in [4.78, 5) is 20.6. The topological polar surface area (TPSA) is 88.4 Å².